The van der Waals surface area contributed by atoms with Gasteiger partial charge in [0.05, 0.1) is 0 Å². The molecule has 0 saturated heterocycles. The van der Waals surface area contributed by atoms with E-state index in [1.54, 1.807) is 6.07 Å². The molecular weight excluding hydrogens is 243 g/mol. The standard InChI is InChI=1S/C16H17FO2/c1-12-10-15(17)7-6-14(12)11-19-16-5-3-2-4-13(16)8-9-18/h2-7,10,18H,8-9,11H2,1H3. The molecule has 0 spiro atoms. The van der Waals surface area contributed by atoms with Gasteiger partial charge in [0.1, 0.15) is 18.2 Å². The molecule has 0 amide bonds. The van der Waals surface area contributed by atoms with E-state index in [4.69, 9.17) is 9.84 Å². The van der Waals surface area contributed by atoms with E-state index in [0.717, 1.165) is 22.4 Å². The van der Waals surface area contributed by atoms with Crippen LogP contribution in [0.2, 0.25) is 0 Å². The van der Waals surface area contributed by atoms with E-state index in [1.807, 2.05) is 31.2 Å². The summed E-state index contributed by atoms with van der Waals surface area (Å²) in [4.78, 5) is 0. The highest BCUT2D eigenvalue weighted by molar-refractivity contribution is 5.34. The zero-order valence-electron chi connectivity index (χ0n) is 10.9. The highest BCUT2D eigenvalue weighted by Gasteiger charge is 2.05. The normalized spacial score (nSPS) is 10.5. The lowest BCUT2D eigenvalue weighted by atomic mass is 10.1. The largest absolute Gasteiger partial charge is 0.489 e. The van der Waals surface area contributed by atoms with Crippen molar-refractivity contribution in [3.63, 3.8) is 0 Å². The summed E-state index contributed by atoms with van der Waals surface area (Å²) in [5.41, 5.74) is 2.81. The molecule has 0 radical (unpaired) electrons. The van der Waals surface area contributed by atoms with Crippen LogP contribution in [0, 0.1) is 12.7 Å². The molecule has 100 valence electrons. The Morgan fingerprint density at radius 2 is 1.89 bits per heavy atom. The van der Waals surface area contributed by atoms with Crippen LogP contribution in [0.4, 0.5) is 4.39 Å². The van der Waals surface area contributed by atoms with E-state index in [-0.39, 0.29) is 12.4 Å². The zero-order chi connectivity index (χ0) is 13.7. The van der Waals surface area contributed by atoms with Crippen LogP contribution in [0.1, 0.15) is 16.7 Å². The average molecular weight is 260 g/mol. The molecule has 2 aromatic carbocycles. The molecule has 0 aliphatic carbocycles. The Kier molecular flexibility index (Phi) is 4.53. The molecule has 0 fully saturated rings. The van der Waals surface area contributed by atoms with Gasteiger partial charge in [-0.3, -0.25) is 0 Å². The van der Waals surface area contributed by atoms with Crippen molar-refractivity contribution in [2.75, 3.05) is 6.61 Å². The minimum atomic E-state index is -0.234. The average Bonchev–Trinajstić information content (AvgIpc) is 2.40. The maximum atomic E-state index is 13.0. The molecular formula is C16H17FO2. The van der Waals surface area contributed by atoms with Gasteiger partial charge in [-0.25, -0.2) is 4.39 Å². The second-order valence-corrected chi connectivity index (χ2v) is 4.44. The number of aliphatic hydroxyl groups excluding tert-OH is 1. The van der Waals surface area contributed by atoms with Crippen LogP contribution in [0.15, 0.2) is 42.5 Å². The summed E-state index contributed by atoms with van der Waals surface area (Å²) in [6.07, 6.45) is 0.568. The van der Waals surface area contributed by atoms with Crippen molar-refractivity contribution in [1.29, 1.82) is 0 Å². The Bertz CT molecular complexity index is 552. The molecule has 0 heterocycles. The summed E-state index contributed by atoms with van der Waals surface area (Å²) in [5.74, 6) is 0.530. The fraction of sp³-hybridized carbons (Fsp3) is 0.250. The molecule has 3 heteroatoms. The van der Waals surface area contributed by atoms with Crippen LogP contribution in [0.25, 0.3) is 0 Å². The van der Waals surface area contributed by atoms with Gasteiger partial charge in [-0.2, -0.15) is 0 Å². The molecule has 2 rings (SSSR count). The summed E-state index contributed by atoms with van der Waals surface area (Å²) in [7, 11) is 0. The maximum Gasteiger partial charge on any atom is 0.123 e. The van der Waals surface area contributed by atoms with Crippen LogP contribution in [0.3, 0.4) is 0 Å². The molecule has 0 atom stereocenters. The van der Waals surface area contributed by atoms with Gasteiger partial charge in [0.15, 0.2) is 0 Å². The Hall–Kier alpha value is -1.87. The fourth-order valence-corrected chi connectivity index (χ4v) is 1.95. The molecule has 0 aliphatic rings. The van der Waals surface area contributed by atoms with Crippen molar-refractivity contribution in [2.45, 2.75) is 20.0 Å². The van der Waals surface area contributed by atoms with Crippen LogP contribution in [-0.2, 0) is 13.0 Å². The first-order valence-corrected chi connectivity index (χ1v) is 6.27. The SMILES string of the molecule is Cc1cc(F)ccc1COc1ccccc1CCO. The van der Waals surface area contributed by atoms with Crippen molar-refractivity contribution in [2.24, 2.45) is 0 Å². The summed E-state index contributed by atoms with van der Waals surface area (Å²) in [6, 6.07) is 12.3. The summed E-state index contributed by atoms with van der Waals surface area (Å²) >= 11 is 0. The molecule has 0 unspecified atom stereocenters. The van der Waals surface area contributed by atoms with E-state index in [1.165, 1.54) is 12.1 Å². The number of hydrogen-bond donors (Lipinski definition) is 1. The third-order valence-electron chi connectivity index (χ3n) is 3.04. The van der Waals surface area contributed by atoms with E-state index in [9.17, 15) is 4.39 Å². The highest BCUT2D eigenvalue weighted by Crippen LogP contribution is 2.20. The van der Waals surface area contributed by atoms with E-state index < -0.39 is 0 Å². The number of para-hydroxylation sites is 1. The summed E-state index contributed by atoms with van der Waals surface area (Å²) in [6.45, 7) is 2.35. The number of ether oxygens (including phenoxy) is 1. The maximum absolute atomic E-state index is 13.0. The second-order valence-electron chi connectivity index (χ2n) is 4.44. The van der Waals surface area contributed by atoms with Gasteiger partial charge in [0.25, 0.3) is 0 Å². The second kappa shape index (κ2) is 6.34. The van der Waals surface area contributed by atoms with Crippen LogP contribution in [-0.4, -0.2) is 11.7 Å². The van der Waals surface area contributed by atoms with Gasteiger partial charge in [-0.15, -0.1) is 0 Å². The summed E-state index contributed by atoms with van der Waals surface area (Å²) < 4.78 is 18.8. The lowest BCUT2D eigenvalue weighted by Gasteiger charge is -2.12. The van der Waals surface area contributed by atoms with Gasteiger partial charge >= 0.3 is 0 Å². The van der Waals surface area contributed by atoms with E-state index in [2.05, 4.69) is 0 Å². The van der Waals surface area contributed by atoms with Crippen molar-refractivity contribution in [3.05, 3.63) is 65.0 Å². The van der Waals surface area contributed by atoms with Gasteiger partial charge in [-0.05, 0) is 48.2 Å². The lowest BCUT2D eigenvalue weighted by Crippen LogP contribution is -2.01. The topological polar surface area (TPSA) is 29.5 Å². The van der Waals surface area contributed by atoms with Gasteiger partial charge in [0, 0.05) is 6.61 Å². The number of aliphatic hydroxyl groups is 1. The van der Waals surface area contributed by atoms with Crippen LogP contribution >= 0.6 is 0 Å². The van der Waals surface area contributed by atoms with E-state index in [0.29, 0.717) is 13.0 Å². The first-order chi connectivity index (χ1) is 9.20. The van der Waals surface area contributed by atoms with Crippen molar-refractivity contribution < 1.29 is 14.2 Å². The lowest BCUT2D eigenvalue weighted by molar-refractivity contribution is 0.283. The quantitative estimate of drug-likeness (QED) is 0.894. The Morgan fingerprint density at radius 1 is 1.11 bits per heavy atom. The molecule has 0 aliphatic heterocycles. The minimum absolute atomic E-state index is 0.0932. The van der Waals surface area contributed by atoms with Gasteiger partial charge in [-0.1, -0.05) is 24.3 Å². The number of aryl methyl sites for hydroxylation is 1. The predicted octanol–water partition coefficient (Wildman–Crippen LogP) is 3.25. The fourth-order valence-electron chi connectivity index (χ4n) is 1.95. The third-order valence-corrected chi connectivity index (χ3v) is 3.04. The number of rotatable bonds is 5. The van der Waals surface area contributed by atoms with Crippen LogP contribution in [0.5, 0.6) is 5.75 Å². The molecule has 2 aromatic rings. The first-order valence-electron chi connectivity index (χ1n) is 6.27. The molecule has 19 heavy (non-hydrogen) atoms. The predicted molar refractivity (Wildman–Crippen MR) is 72.7 cm³/mol. The number of halogens is 1. The van der Waals surface area contributed by atoms with Gasteiger partial charge < -0.3 is 9.84 Å². The molecule has 1 N–H and O–H groups in total. The Morgan fingerprint density at radius 3 is 2.63 bits per heavy atom. The minimum Gasteiger partial charge on any atom is -0.489 e. The van der Waals surface area contributed by atoms with Crippen LogP contribution < -0.4 is 4.74 Å². The molecule has 0 aromatic heterocycles. The van der Waals surface area contributed by atoms with Crippen molar-refractivity contribution >= 4 is 0 Å². The molecule has 0 bridgehead atoms. The van der Waals surface area contributed by atoms with E-state index >= 15 is 0 Å². The third kappa shape index (κ3) is 3.55. The Labute approximate surface area is 112 Å². The van der Waals surface area contributed by atoms with Crippen molar-refractivity contribution in [1.82, 2.24) is 0 Å². The highest BCUT2D eigenvalue weighted by atomic mass is 19.1. The smallest absolute Gasteiger partial charge is 0.123 e. The Balaban J connectivity index is 2.10. The summed E-state index contributed by atoms with van der Waals surface area (Å²) in [5, 5.41) is 9.01. The number of benzene rings is 2. The van der Waals surface area contributed by atoms with Gasteiger partial charge in [0.2, 0.25) is 0 Å². The van der Waals surface area contributed by atoms with Crippen molar-refractivity contribution in [3.8, 4) is 5.75 Å². The first kappa shape index (κ1) is 13.6. The number of hydrogen-bond acceptors (Lipinski definition) is 2. The zero-order valence-corrected chi connectivity index (χ0v) is 10.9. The monoisotopic (exact) mass is 260 g/mol. The molecule has 2 nitrogen and oxygen atoms in total. The molecule has 0 saturated carbocycles.